The highest BCUT2D eigenvalue weighted by atomic mass is 32.2. The minimum Gasteiger partial charge on any atom is -0.223 e. The summed E-state index contributed by atoms with van der Waals surface area (Å²) < 4.78 is 22.5. The first-order chi connectivity index (χ1) is 7.84. The zero-order valence-electron chi connectivity index (χ0n) is 10.1. The average Bonchev–Trinajstić information content (AvgIpc) is 2.24. The molecule has 0 aliphatic rings. The van der Waals surface area contributed by atoms with Crippen LogP contribution in [0.15, 0.2) is 29.2 Å². The molecule has 3 nitrogen and oxygen atoms in total. The van der Waals surface area contributed by atoms with Gasteiger partial charge in [0.25, 0.3) is 0 Å². The van der Waals surface area contributed by atoms with Crippen LogP contribution in [0.5, 0.6) is 0 Å². The third-order valence-corrected chi connectivity index (χ3v) is 3.42. The lowest BCUT2D eigenvalue weighted by Crippen LogP contribution is -1.98. The van der Waals surface area contributed by atoms with Crippen LogP contribution < -0.4 is 0 Å². The van der Waals surface area contributed by atoms with Crippen LogP contribution in [0.3, 0.4) is 0 Å². The van der Waals surface area contributed by atoms with Crippen molar-refractivity contribution in [2.24, 2.45) is 0 Å². The van der Waals surface area contributed by atoms with Gasteiger partial charge < -0.3 is 0 Å². The highest BCUT2D eigenvalue weighted by Crippen LogP contribution is 2.17. The van der Waals surface area contributed by atoms with Gasteiger partial charge in [0.2, 0.25) is 0 Å². The van der Waals surface area contributed by atoms with Gasteiger partial charge in [0.15, 0.2) is 9.84 Å². The first kappa shape index (κ1) is 13.5. The van der Waals surface area contributed by atoms with Crippen LogP contribution >= 0.6 is 0 Å². The maximum Gasteiger partial charge on any atom is 0.185 e. The predicted octanol–water partition coefficient (Wildman–Crippen LogP) is 2.72. The van der Waals surface area contributed by atoms with Crippen molar-refractivity contribution in [3.8, 4) is 6.07 Å². The van der Waals surface area contributed by atoms with E-state index in [4.69, 9.17) is 5.26 Å². The molecule has 0 saturated carbocycles. The number of benzene rings is 1. The fourth-order valence-electron chi connectivity index (χ4n) is 1.35. The van der Waals surface area contributed by atoms with Crippen LogP contribution in [0, 0.1) is 11.3 Å². The van der Waals surface area contributed by atoms with Crippen LogP contribution in [0.2, 0.25) is 0 Å². The molecule has 0 aromatic heterocycles. The molecule has 0 N–H and O–H groups in total. The predicted molar refractivity (Wildman–Crippen MR) is 69.0 cm³/mol. The van der Waals surface area contributed by atoms with Gasteiger partial charge in [-0.15, -0.1) is 0 Å². The van der Waals surface area contributed by atoms with Crippen LogP contribution in [-0.2, 0) is 9.84 Å². The summed E-state index contributed by atoms with van der Waals surface area (Å²) in [5.74, 6) is 0.429. The largest absolute Gasteiger partial charge is 0.223 e. The molecule has 1 aromatic rings. The molecule has 0 atom stereocenters. The maximum atomic E-state index is 11.3. The van der Waals surface area contributed by atoms with E-state index in [0.29, 0.717) is 5.92 Å². The Labute approximate surface area is 102 Å². The third-order valence-electron chi connectivity index (χ3n) is 2.41. The first-order valence-corrected chi connectivity index (χ1v) is 7.15. The fourth-order valence-corrected chi connectivity index (χ4v) is 1.87. The molecule has 0 radical (unpaired) electrons. The molecule has 0 fully saturated rings. The van der Waals surface area contributed by atoms with E-state index in [9.17, 15) is 8.42 Å². The van der Waals surface area contributed by atoms with Gasteiger partial charge in [-0.1, -0.05) is 38.1 Å². The minimum absolute atomic E-state index is 0.213. The molecule has 0 unspecified atom stereocenters. The van der Waals surface area contributed by atoms with Gasteiger partial charge in [0.1, 0.15) is 11.0 Å². The summed E-state index contributed by atoms with van der Waals surface area (Å²) in [5.41, 5.74) is 1.90. The summed E-state index contributed by atoms with van der Waals surface area (Å²) in [4.78, 5) is -0.213. The van der Waals surface area contributed by atoms with Crippen molar-refractivity contribution in [2.75, 3.05) is 6.26 Å². The van der Waals surface area contributed by atoms with Gasteiger partial charge >= 0.3 is 0 Å². The lowest BCUT2D eigenvalue weighted by Gasteiger charge is -2.04. The van der Waals surface area contributed by atoms with E-state index < -0.39 is 9.84 Å². The highest BCUT2D eigenvalue weighted by Gasteiger charge is 2.10. The smallest absolute Gasteiger partial charge is 0.185 e. The summed E-state index contributed by atoms with van der Waals surface area (Å²) in [6.07, 6.45) is 2.42. The second-order valence-electron chi connectivity index (χ2n) is 4.21. The average molecular weight is 249 g/mol. The Kier molecular flexibility index (Phi) is 4.08. The Morgan fingerprint density at radius 3 is 2.18 bits per heavy atom. The monoisotopic (exact) mass is 249 g/mol. The van der Waals surface area contributed by atoms with E-state index in [1.54, 1.807) is 6.07 Å². The Morgan fingerprint density at radius 1 is 1.29 bits per heavy atom. The normalized spacial score (nSPS) is 12.5. The number of rotatable bonds is 3. The van der Waals surface area contributed by atoms with Crippen molar-refractivity contribution in [2.45, 2.75) is 19.8 Å². The molecule has 1 aromatic carbocycles. The van der Waals surface area contributed by atoms with E-state index in [1.807, 2.05) is 24.3 Å². The molecule has 0 aliphatic carbocycles. The standard InChI is InChI=1S/C13H15NO2S/c1-10(2)12-6-4-11(5-7-12)8-13(9-14)17(3,15)16/h4-8,10H,1-3H3. The Bertz CT molecular complexity index is 560. The van der Waals surface area contributed by atoms with Gasteiger partial charge in [-0.2, -0.15) is 5.26 Å². The molecular weight excluding hydrogens is 234 g/mol. The van der Waals surface area contributed by atoms with E-state index in [2.05, 4.69) is 13.8 Å². The Balaban J connectivity index is 3.12. The number of nitriles is 1. The molecule has 0 amide bonds. The molecular formula is C13H15NO2S. The lowest BCUT2D eigenvalue weighted by molar-refractivity contribution is 0.609. The zero-order chi connectivity index (χ0) is 13.1. The van der Waals surface area contributed by atoms with Crippen molar-refractivity contribution in [1.29, 1.82) is 5.26 Å². The number of allylic oxidation sites excluding steroid dienone is 1. The van der Waals surface area contributed by atoms with E-state index in [0.717, 1.165) is 11.8 Å². The molecule has 4 heteroatoms. The number of nitrogens with zero attached hydrogens (tertiary/aromatic N) is 1. The van der Waals surface area contributed by atoms with Crippen LogP contribution in [0.25, 0.3) is 6.08 Å². The van der Waals surface area contributed by atoms with Gasteiger partial charge in [-0.3, -0.25) is 0 Å². The Hall–Kier alpha value is -1.60. The van der Waals surface area contributed by atoms with E-state index in [1.165, 1.54) is 11.6 Å². The molecule has 0 bridgehead atoms. The summed E-state index contributed by atoms with van der Waals surface area (Å²) in [6.45, 7) is 4.17. The Morgan fingerprint density at radius 2 is 1.82 bits per heavy atom. The second kappa shape index (κ2) is 5.15. The molecule has 0 aliphatic heterocycles. The van der Waals surface area contributed by atoms with Crippen molar-refractivity contribution in [3.05, 3.63) is 40.3 Å². The van der Waals surface area contributed by atoms with Crippen LogP contribution in [0.1, 0.15) is 30.9 Å². The zero-order valence-corrected chi connectivity index (χ0v) is 11.0. The molecule has 0 spiro atoms. The van der Waals surface area contributed by atoms with Crippen molar-refractivity contribution >= 4 is 15.9 Å². The van der Waals surface area contributed by atoms with Crippen LogP contribution in [0.4, 0.5) is 0 Å². The SMILES string of the molecule is CC(C)c1ccc(C=C(C#N)S(C)(=O)=O)cc1. The van der Waals surface area contributed by atoms with E-state index in [-0.39, 0.29) is 4.91 Å². The van der Waals surface area contributed by atoms with Gasteiger partial charge in [-0.25, -0.2) is 8.42 Å². The summed E-state index contributed by atoms with van der Waals surface area (Å²) in [6, 6.07) is 9.21. The van der Waals surface area contributed by atoms with Gasteiger partial charge in [0, 0.05) is 6.26 Å². The van der Waals surface area contributed by atoms with Crippen molar-refractivity contribution < 1.29 is 8.42 Å². The number of sulfone groups is 1. The topological polar surface area (TPSA) is 57.9 Å². The quantitative estimate of drug-likeness (QED) is 0.774. The molecule has 0 saturated heterocycles. The fraction of sp³-hybridized carbons (Fsp3) is 0.308. The maximum absolute atomic E-state index is 11.3. The van der Waals surface area contributed by atoms with Crippen LogP contribution in [-0.4, -0.2) is 14.7 Å². The summed E-state index contributed by atoms with van der Waals surface area (Å²) in [5, 5.41) is 8.77. The molecule has 0 heterocycles. The highest BCUT2D eigenvalue weighted by molar-refractivity contribution is 7.95. The summed E-state index contributed by atoms with van der Waals surface area (Å²) >= 11 is 0. The minimum atomic E-state index is -3.44. The summed E-state index contributed by atoms with van der Waals surface area (Å²) in [7, 11) is -3.44. The molecule has 17 heavy (non-hydrogen) atoms. The number of hydrogen-bond donors (Lipinski definition) is 0. The van der Waals surface area contributed by atoms with Crippen molar-refractivity contribution in [1.82, 2.24) is 0 Å². The molecule has 1 rings (SSSR count). The second-order valence-corrected chi connectivity index (χ2v) is 6.20. The third kappa shape index (κ3) is 3.72. The van der Waals surface area contributed by atoms with Gasteiger partial charge in [-0.05, 0) is 23.1 Å². The number of hydrogen-bond acceptors (Lipinski definition) is 3. The van der Waals surface area contributed by atoms with Gasteiger partial charge in [0.05, 0.1) is 0 Å². The lowest BCUT2D eigenvalue weighted by atomic mass is 10.0. The van der Waals surface area contributed by atoms with E-state index >= 15 is 0 Å². The molecule has 90 valence electrons. The first-order valence-electron chi connectivity index (χ1n) is 5.26. The van der Waals surface area contributed by atoms with Crippen molar-refractivity contribution in [3.63, 3.8) is 0 Å².